The third-order valence-corrected chi connectivity index (χ3v) is 3.03. The highest BCUT2D eigenvalue weighted by molar-refractivity contribution is 7.17. The Morgan fingerprint density at radius 2 is 2.15 bits per heavy atom. The maximum Gasteiger partial charge on any atom is 0.115 e. The summed E-state index contributed by atoms with van der Waals surface area (Å²) in [5, 5.41) is 12.3. The van der Waals surface area contributed by atoms with E-state index in [0.29, 0.717) is 0 Å². The molecule has 68 valence electrons. The lowest BCUT2D eigenvalue weighted by Crippen LogP contribution is -2.16. The van der Waals surface area contributed by atoms with Crippen molar-refractivity contribution in [2.24, 2.45) is 0 Å². The lowest BCUT2D eigenvalue weighted by atomic mass is 10.2. The van der Waals surface area contributed by atoms with Crippen LogP contribution in [0.5, 0.6) is 0 Å². The van der Waals surface area contributed by atoms with Crippen molar-refractivity contribution in [3.8, 4) is 0 Å². The molecule has 2 rings (SSSR count). The summed E-state index contributed by atoms with van der Waals surface area (Å²) in [6.45, 7) is 0.0563. The fraction of sp³-hybridized carbons (Fsp3) is 0.200. The van der Waals surface area contributed by atoms with Gasteiger partial charge in [0.15, 0.2) is 0 Å². The zero-order valence-corrected chi connectivity index (χ0v) is 8.21. The summed E-state index contributed by atoms with van der Waals surface area (Å²) in [7, 11) is 1.88. The van der Waals surface area contributed by atoms with Crippen molar-refractivity contribution in [1.29, 1.82) is 0 Å². The molecule has 1 heterocycles. The van der Waals surface area contributed by atoms with Crippen LogP contribution in [-0.2, 0) is 0 Å². The first-order valence-corrected chi connectivity index (χ1v) is 4.99. The summed E-state index contributed by atoms with van der Waals surface area (Å²) in [5.41, 5.74) is 1.10. The number of aliphatic hydroxyl groups excluding tert-OH is 1. The normalized spacial score (nSPS) is 10.6. The molecule has 0 aliphatic rings. The van der Waals surface area contributed by atoms with Gasteiger partial charge in [-0.15, -0.1) is 11.3 Å². The molecule has 0 unspecified atom stereocenters. The van der Waals surface area contributed by atoms with Crippen LogP contribution in [0.2, 0.25) is 0 Å². The van der Waals surface area contributed by atoms with Crippen LogP contribution in [-0.4, -0.2) is 18.9 Å². The molecule has 2 aromatic rings. The van der Waals surface area contributed by atoms with Gasteiger partial charge in [0.05, 0.1) is 5.69 Å². The molecule has 0 amide bonds. The number of aliphatic hydroxyl groups is 1. The van der Waals surface area contributed by atoms with Crippen LogP contribution < -0.4 is 4.90 Å². The van der Waals surface area contributed by atoms with Gasteiger partial charge in [-0.3, -0.25) is 0 Å². The van der Waals surface area contributed by atoms with Crippen molar-refractivity contribution in [1.82, 2.24) is 0 Å². The minimum absolute atomic E-state index is 0.0563. The molecule has 1 aromatic heterocycles. The van der Waals surface area contributed by atoms with E-state index in [1.165, 1.54) is 10.1 Å². The Bertz CT molecular complexity index is 410. The predicted molar refractivity (Wildman–Crippen MR) is 57.3 cm³/mol. The molecule has 0 radical (unpaired) electrons. The van der Waals surface area contributed by atoms with E-state index in [-0.39, 0.29) is 6.73 Å². The molecule has 0 spiro atoms. The zero-order chi connectivity index (χ0) is 9.26. The molecular weight excluding hydrogens is 182 g/mol. The largest absolute Gasteiger partial charge is 0.376 e. The van der Waals surface area contributed by atoms with E-state index in [1.807, 2.05) is 24.1 Å². The summed E-state index contributed by atoms with van der Waals surface area (Å²) in [6.07, 6.45) is 0. The predicted octanol–water partition coefficient (Wildman–Crippen LogP) is 2.29. The summed E-state index contributed by atoms with van der Waals surface area (Å²) >= 11 is 1.70. The molecule has 0 bridgehead atoms. The Hall–Kier alpha value is -1.06. The fourth-order valence-electron chi connectivity index (χ4n) is 1.34. The van der Waals surface area contributed by atoms with Gasteiger partial charge >= 0.3 is 0 Å². The quantitative estimate of drug-likeness (QED) is 0.740. The van der Waals surface area contributed by atoms with E-state index < -0.39 is 0 Å². The Balaban J connectivity index is 2.57. The lowest BCUT2D eigenvalue weighted by molar-refractivity contribution is 0.299. The number of fused-ring (bicyclic) bond motifs is 1. The summed E-state index contributed by atoms with van der Waals surface area (Å²) < 4.78 is 1.26. The Kier molecular flexibility index (Phi) is 2.20. The molecular formula is C10H11NOS. The smallest absolute Gasteiger partial charge is 0.115 e. The van der Waals surface area contributed by atoms with Gasteiger partial charge in [0.2, 0.25) is 0 Å². The molecule has 3 heteroatoms. The van der Waals surface area contributed by atoms with E-state index in [9.17, 15) is 0 Å². The van der Waals surface area contributed by atoms with Crippen LogP contribution in [0.25, 0.3) is 10.1 Å². The van der Waals surface area contributed by atoms with Gasteiger partial charge in [0.1, 0.15) is 6.73 Å². The maximum absolute atomic E-state index is 9.00. The SMILES string of the molecule is CN(CO)c1csc2ccccc12. The van der Waals surface area contributed by atoms with Crippen molar-refractivity contribution in [3.05, 3.63) is 29.6 Å². The highest BCUT2D eigenvalue weighted by Crippen LogP contribution is 2.31. The van der Waals surface area contributed by atoms with Crippen LogP contribution >= 0.6 is 11.3 Å². The molecule has 1 aromatic carbocycles. The second-order valence-electron chi connectivity index (χ2n) is 2.96. The summed E-state index contributed by atoms with van der Waals surface area (Å²) in [4.78, 5) is 1.83. The molecule has 1 N–H and O–H groups in total. The third-order valence-electron chi connectivity index (χ3n) is 2.08. The maximum atomic E-state index is 9.00. The average molecular weight is 193 g/mol. The number of hydrogen-bond acceptors (Lipinski definition) is 3. The first-order chi connectivity index (χ1) is 6.33. The number of benzene rings is 1. The van der Waals surface area contributed by atoms with Crippen LogP contribution in [0.1, 0.15) is 0 Å². The molecule has 0 saturated carbocycles. The van der Waals surface area contributed by atoms with E-state index in [4.69, 9.17) is 5.11 Å². The van der Waals surface area contributed by atoms with Crippen LogP contribution in [0, 0.1) is 0 Å². The highest BCUT2D eigenvalue weighted by atomic mass is 32.1. The van der Waals surface area contributed by atoms with Crippen LogP contribution in [0.3, 0.4) is 0 Å². The van der Waals surface area contributed by atoms with Gasteiger partial charge < -0.3 is 10.0 Å². The molecule has 0 fully saturated rings. The second kappa shape index (κ2) is 3.36. The van der Waals surface area contributed by atoms with Crippen LogP contribution in [0.4, 0.5) is 5.69 Å². The minimum atomic E-state index is 0.0563. The Labute approximate surface area is 81.0 Å². The molecule has 0 atom stereocenters. The summed E-state index contributed by atoms with van der Waals surface area (Å²) in [6, 6.07) is 8.22. The minimum Gasteiger partial charge on any atom is -0.376 e. The second-order valence-corrected chi connectivity index (χ2v) is 3.87. The summed E-state index contributed by atoms with van der Waals surface area (Å²) in [5.74, 6) is 0. The van der Waals surface area contributed by atoms with E-state index >= 15 is 0 Å². The Morgan fingerprint density at radius 1 is 1.38 bits per heavy atom. The fourth-order valence-corrected chi connectivity index (χ4v) is 2.34. The van der Waals surface area contributed by atoms with Crippen molar-refractivity contribution >= 4 is 27.1 Å². The number of nitrogens with zero attached hydrogens (tertiary/aromatic N) is 1. The molecule has 0 saturated heterocycles. The monoisotopic (exact) mass is 193 g/mol. The van der Waals surface area contributed by atoms with Gasteiger partial charge in [-0.05, 0) is 6.07 Å². The van der Waals surface area contributed by atoms with E-state index in [0.717, 1.165) is 5.69 Å². The number of rotatable bonds is 2. The standard InChI is InChI=1S/C10H11NOS/c1-11(7-12)9-6-13-10-5-3-2-4-8(9)10/h2-6,12H,7H2,1H3. The van der Waals surface area contributed by atoms with Gasteiger partial charge in [-0.1, -0.05) is 18.2 Å². The third kappa shape index (κ3) is 1.41. The highest BCUT2D eigenvalue weighted by Gasteiger charge is 2.05. The molecule has 13 heavy (non-hydrogen) atoms. The molecule has 2 nitrogen and oxygen atoms in total. The van der Waals surface area contributed by atoms with Gasteiger partial charge in [-0.2, -0.15) is 0 Å². The van der Waals surface area contributed by atoms with E-state index in [1.54, 1.807) is 11.3 Å². The van der Waals surface area contributed by atoms with Gasteiger partial charge in [0, 0.05) is 22.5 Å². The van der Waals surface area contributed by atoms with E-state index in [2.05, 4.69) is 17.5 Å². The number of anilines is 1. The van der Waals surface area contributed by atoms with Gasteiger partial charge in [-0.25, -0.2) is 0 Å². The lowest BCUT2D eigenvalue weighted by Gasteiger charge is -2.13. The van der Waals surface area contributed by atoms with Crippen molar-refractivity contribution < 1.29 is 5.11 Å². The molecule has 0 aliphatic heterocycles. The first kappa shape index (κ1) is 8.53. The van der Waals surface area contributed by atoms with Crippen molar-refractivity contribution in [3.63, 3.8) is 0 Å². The zero-order valence-electron chi connectivity index (χ0n) is 7.40. The van der Waals surface area contributed by atoms with Crippen molar-refractivity contribution in [2.45, 2.75) is 0 Å². The van der Waals surface area contributed by atoms with Gasteiger partial charge in [0.25, 0.3) is 0 Å². The topological polar surface area (TPSA) is 23.5 Å². The Morgan fingerprint density at radius 3 is 2.92 bits per heavy atom. The number of thiophene rings is 1. The van der Waals surface area contributed by atoms with Crippen molar-refractivity contribution in [2.75, 3.05) is 18.7 Å². The van der Waals surface area contributed by atoms with Crippen LogP contribution in [0.15, 0.2) is 29.6 Å². The molecule has 0 aliphatic carbocycles. The first-order valence-electron chi connectivity index (χ1n) is 4.11. The average Bonchev–Trinajstić information content (AvgIpc) is 2.60. The number of hydrogen-bond donors (Lipinski definition) is 1.